The summed E-state index contributed by atoms with van der Waals surface area (Å²) in [5.41, 5.74) is 1.70. The number of nitrogens with one attached hydrogen (secondary N) is 1. The third-order valence-electron chi connectivity index (χ3n) is 3.17. The average molecular weight is 319 g/mol. The summed E-state index contributed by atoms with van der Waals surface area (Å²) in [4.78, 5) is 11.2. The maximum atomic E-state index is 12.1. The van der Waals surface area contributed by atoms with Crippen molar-refractivity contribution in [2.24, 2.45) is 0 Å². The zero-order chi connectivity index (χ0) is 16.2. The van der Waals surface area contributed by atoms with Crippen LogP contribution in [0.25, 0.3) is 0 Å². The minimum atomic E-state index is -3.62. The number of carboxylic acid groups (broad SMARTS) is 1. The van der Waals surface area contributed by atoms with Crippen molar-refractivity contribution in [2.45, 2.75) is 13.3 Å². The van der Waals surface area contributed by atoms with E-state index >= 15 is 0 Å². The molecule has 0 radical (unpaired) electrons. The number of anilines is 1. The molecule has 0 amide bonds. The molecule has 0 saturated heterocycles. The van der Waals surface area contributed by atoms with Crippen LogP contribution in [0.5, 0.6) is 0 Å². The van der Waals surface area contributed by atoms with Gasteiger partial charge in [0.1, 0.15) is 0 Å². The van der Waals surface area contributed by atoms with Crippen molar-refractivity contribution >= 4 is 21.7 Å². The Bertz CT molecular complexity index is 770. The van der Waals surface area contributed by atoms with Crippen molar-refractivity contribution < 1.29 is 18.3 Å². The number of aromatic carboxylic acids is 1. The molecule has 0 aliphatic heterocycles. The Morgan fingerprint density at radius 1 is 1.14 bits per heavy atom. The van der Waals surface area contributed by atoms with Crippen LogP contribution in [0.15, 0.2) is 48.5 Å². The third-order valence-corrected chi connectivity index (χ3v) is 4.45. The lowest BCUT2D eigenvalue weighted by Crippen LogP contribution is -2.20. The predicted octanol–water partition coefficient (Wildman–Crippen LogP) is 2.68. The second-order valence-electron chi connectivity index (χ2n) is 5.01. The molecule has 0 heterocycles. The van der Waals surface area contributed by atoms with E-state index in [4.69, 9.17) is 5.11 Å². The topological polar surface area (TPSA) is 83.5 Å². The minimum Gasteiger partial charge on any atom is -0.478 e. The van der Waals surface area contributed by atoms with Crippen LogP contribution in [-0.4, -0.2) is 25.2 Å². The number of hydrogen-bond acceptors (Lipinski definition) is 3. The van der Waals surface area contributed by atoms with E-state index in [0.29, 0.717) is 6.42 Å². The van der Waals surface area contributed by atoms with Gasteiger partial charge in [-0.15, -0.1) is 0 Å². The molecule has 6 heteroatoms. The van der Waals surface area contributed by atoms with Crippen molar-refractivity contribution in [3.8, 4) is 0 Å². The van der Waals surface area contributed by atoms with Gasteiger partial charge in [0.25, 0.3) is 0 Å². The molecular formula is C16H17NO4S. The van der Waals surface area contributed by atoms with Crippen molar-refractivity contribution in [3.63, 3.8) is 0 Å². The van der Waals surface area contributed by atoms with E-state index in [0.717, 1.165) is 11.1 Å². The Kier molecular flexibility index (Phi) is 4.82. The van der Waals surface area contributed by atoms with Crippen LogP contribution in [0.1, 0.15) is 21.5 Å². The molecule has 2 aromatic carbocycles. The van der Waals surface area contributed by atoms with Crippen LogP contribution < -0.4 is 4.72 Å². The van der Waals surface area contributed by atoms with Gasteiger partial charge in [-0.3, -0.25) is 4.72 Å². The second-order valence-corrected chi connectivity index (χ2v) is 6.85. The van der Waals surface area contributed by atoms with Crippen LogP contribution in [0.2, 0.25) is 0 Å². The Balaban J connectivity index is 2.14. The van der Waals surface area contributed by atoms with Crippen LogP contribution >= 0.6 is 0 Å². The summed E-state index contributed by atoms with van der Waals surface area (Å²) in [6.07, 6.45) is 0.366. The number of benzene rings is 2. The number of sulfonamides is 1. The number of carbonyl (C=O) groups is 1. The largest absolute Gasteiger partial charge is 0.478 e. The van der Waals surface area contributed by atoms with Crippen molar-refractivity contribution in [2.75, 3.05) is 10.5 Å². The third kappa shape index (κ3) is 4.33. The molecule has 0 spiro atoms. The van der Waals surface area contributed by atoms with Crippen LogP contribution in [0, 0.1) is 6.92 Å². The summed E-state index contributed by atoms with van der Waals surface area (Å²) in [6, 6.07) is 13.8. The van der Waals surface area contributed by atoms with E-state index in [-0.39, 0.29) is 17.0 Å². The second kappa shape index (κ2) is 6.62. The maximum absolute atomic E-state index is 12.1. The van der Waals surface area contributed by atoms with Gasteiger partial charge in [0.15, 0.2) is 0 Å². The molecule has 0 aromatic heterocycles. The van der Waals surface area contributed by atoms with Gasteiger partial charge >= 0.3 is 5.97 Å². The van der Waals surface area contributed by atoms with Gasteiger partial charge in [-0.05, 0) is 31.0 Å². The summed E-state index contributed by atoms with van der Waals surface area (Å²) in [6.45, 7) is 1.75. The normalized spacial score (nSPS) is 11.1. The fourth-order valence-corrected chi connectivity index (χ4v) is 3.16. The molecule has 116 valence electrons. The summed E-state index contributed by atoms with van der Waals surface area (Å²) in [5.74, 6) is -1.27. The molecule has 0 fully saturated rings. The van der Waals surface area contributed by atoms with E-state index in [9.17, 15) is 13.2 Å². The highest BCUT2D eigenvalue weighted by Crippen LogP contribution is 2.19. The molecule has 0 unspecified atom stereocenters. The molecular weight excluding hydrogens is 302 g/mol. The molecule has 22 heavy (non-hydrogen) atoms. The average Bonchev–Trinajstić information content (AvgIpc) is 2.48. The first-order chi connectivity index (χ1) is 10.4. The number of rotatable bonds is 6. The first-order valence-corrected chi connectivity index (χ1v) is 8.41. The Labute approximate surface area is 129 Å². The van der Waals surface area contributed by atoms with E-state index in [1.54, 1.807) is 13.0 Å². The number of carboxylic acids is 1. The Hall–Kier alpha value is -2.34. The molecule has 2 N–H and O–H groups in total. The standard InChI is InChI=1S/C16H17NO4S/c1-12-7-8-15(14(11-12)16(18)19)17-22(20,21)10-9-13-5-3-2-4-6-13/h2-8,11,17H,9-10H2,1H3,(H,18,19). The maximum Gasteiger partial charge on any atom is 0.337 e. The van der Waals surface area contributed by atoms with Crippen LogP contribution in [0.4, 0.5) is 5.69 Å². The van der Waals surface area contributed by atoms with Gasteiger partial charge in [-0.2, -0.15) is 0 Å². The summed E-state index contributed by atoms with van der Waals surface area (Å²) in [7, 11) is -3.62. The molecule has 2 aromatic rings. The lowest BCUT2D eigenvalue weighted by molar-refractivity contribution is 0.0698. The first-order valence-electron chi connectivity index (χ1n) is 6.76. The highest BCUT2D eigenvalue weighted by atomic mass is 32.2. The summed E-state index contributed by atoms with van der Waals surface area (Å²) >= 11 is 0. The van der Waals surface area contributed by atoms with Gasteiger partial charge in [-0.25, -0.2) is 13.2 Å². The molecule has 0 saturated carbocycles. The summed E-state index contributed by atoms with van der Waals surface area (Å²) in [5, 5.41) is 9.16. The molecule has 0 aliphatic carbocycles. The quantitative estimate of drug-likeness (QED) is 0.857. The molecule has 0 aliphatic rings. The molecule has 0 bridgehead atoms. The zero-order valence-corrected chi connectivity index (χ0v) is 12.9. The minimum absolute atomic E-state index is 0.0525. The van der Waals surface area contributed by atoms with Crippen molar-refractivity contribution in [1.29, 1.82) is 0 Å². The van der Waals surface area contributed by atoms with E-state index in [2.05, 4.69) is 4.72 Å². The molecule has 5 nitrogen and oxygen atoms in total. The zero-order valence-electron chi connectivity index (χ0n) is 12.1. The Morgan fingerprint density at radius 2 is 1.82 bits per heavy atom. The lowest BCUT2D eigenvalue weighted by atomic mass is 10.1. The van der Waals surface area contributed by atoms with E-state index in [1.807, 2.05) is 30.3 Å². The highest BCUT2D eigenvalue weighted by Gasteiger charge is 2.16. The van der Waals surface area contributed by atoms with Gasteiger partial charge in [0, 0.05) is 0 Å². The molecule has 2 rings (SSSR count). The first kappa shape index (κ1) is 16.0. The fourth-order valence-electron chi connectivity index (χ4n) is 2.04. The number of aryl methyl sites for hydroxylation is 2. The van der Waals surface area contributed by atoms with Crippen LogP contribution in [0.3, 0.4) is 0 Å². The van der Waals surface area contributed by atoms with Crippen molar-refractivity contribution in [3.05, 3.63) is 65.2 Å². The molecule has 0 atom stereocenters. The van der Waals surface area contributed by atoms with Gasteiger partial charge in [0.2, 0.25) is 10.0 Å². The predicted molar refractivity (Wildman–Crippen MR) is 85.7 cm³/mol. The summed E-state index contributed by atoms with van der Waals surface area (Å²) < 4.78 is 26.6. The highest BCUT2D eigenvalue weighted by molar-refractivity contribution is 7.92. The van der Waals surface area contributed by atoms with Crippen molar-refractivity contribution in [1.82, 2.24) is 0 Å². The Morgan fingerprint density at radius 3 is 2.45 bits per heavy atom. The monoisotopic (exact) mass is 319 g/mol. The SMILES string of the molecule is Cc1ccc(NS(=O)(=O)CCc2ccccc2)c(C(=O)O)c1. The van der Waals surface area contributed by atoms with Gasteiger partial charge in [-0.1, -0.05) is 42.0 Å². The van der Waals surface area contributed by atoms with Crippen LogP contribution in [-0.2, 0) is 16.4 Å². The lowest BCUT2D eigenvalue weighted by Gasteiger charge is -2.11. The number of hydrogen-bond donors (Lipinski definition) is 2. The smallest absolute Gasteiger partial charge is 0.337 e. The van der Waals surface area contributed by atoms with E-state index in [1.165, 1.54) is 12.1 Å². The van der Waals surface area contributed by atoms with Gasteiger partial charge in [0.05, 0.1) is 17.0 Å². The fraction of sp³-hybridized carbons (Fsp3) is 0.188. The van der Waals surface area contributed by atoms with Gasteiger partial charge < -0.3 is 5.11 Å². The van der Waals surface area contributed by atoms with E-state index < -0.39 is 16.0 Å².